The van der Waals surface area contributed by atoms with E-state index < -0.39 is 11.8 Å². The molecule has 0 fully saturated rings. The van der Waals surface area contributed by atoms with Crippen LogP contribution in [-0.4, -0.2) is 21.8 Å². The highest BCUT2D eigenvalue weighted by Crippen LogP contribution is 2.22. The predicted octanol–water partition coefficient (Wildman–Crippen LogP) is 3.44. The van der Waals surface area contributed by atoms with Gasteiger partial charge < -0.3 is 10.5 Å². The summed E-state index contributed by atoms with van der Waals surface area (Å²) >= 11 is 4.35. The van der Waals surface area contributed by atoms with Crippen molar-refractivity contribution in [2.75, 3.05) is 5.32 Å². The van der Waals surface area contributed by atoms with Crippen molar-refractivity contribution in [3.63, 3.8) is 0 Å². The maximum atomic E-state index is 12.2. The Morgan fingerprint density at radius 3 is 2.44 bits per heavy atom. The number of anilines is 1. The Labute approximate surface area is 155 Å². The van der Waals surface area contributed by atoms with E-state index >= 15 is 0 Å². The van der Waals surface area contributed by atoms with Gasteiger partial charge in [0.2, 0.25) is 5.88 Å². The second kappa shape index (κ2) is 7.41. The number of thiazole rings is 1. The number of halogens is 1. The van der Waals surface area contributed by atoms with Crippen LogP contribution >= 0.6 is 27.3 Å². The van der Waals surface area contributed by atoms with Crippen molar-refractivity contribution in [2.45, 2.75) is 0 Å². The fourth-order valence-corrected chi connectivity index (χ4v) is 2.74. The minimum atomic E-state index is -0.589. The molecule has 2 amide bonds. The van der Waals surface area contributed by atoms with E-state index in [1.165, 1.54) is 12.4 Å². The highest BCUT2D eigenvalue weighted by atomic mass is 79.9. The Hall–Kier alpha value is -2.78. The number of ether oxygens (including phenoxy) is 1. The van der Waals surface area contributed by atoms with Crippen molar-refractivity contribution in [3.8, 4) is 11.6 Å². The van der Waals surface area contributed by atoms with Crippen molar-refractivity contribution >= 4 is 44.2 Å². The van der Waals surface area contributed by atoms with Crippen LogP contribution in [0.2, 0.25) is 0 Å². The standard InChI is InChI=1S/C16H11BrN4O3S/c17-10-2-4-11(5-3-10)24-13-6-1-9(7-19-13)15(23)21-16-20-8-12(25-16)14(18)22/h1-8H,(H2,18,22)(H,20,21,23). The van der Waals surface area contributed by atoms with Crippen molar-refractivity contribution in [1.29, 1.82) is 0 Å². The SMILES string of the molecule is NC(=O)c1cnc(NC(=O)c2ccc(Oc3ccc(Br)cc3)nc2)s1. The maximum absolute atomic E-state index is 12.2. The van der Waals surface area contributed by atoms with E-state index in [1.54, 1.807) is 24.3 Å². The fraction of sp³-hybridized carbons (Fsp3) is 0. The smallest absolute Gasteiger partial charge is 0.260 e. The highest BCUT2D eigenvalue weighted by Gasteiger charge is 2.12. The number of carbonyl (C=O) groups is 2. The molecule has 0 saturated carbocycles. The van der Waals surface area contributed by atoms with Gasteiger partial charge in [0, 0.05) is 16.7 Å². The summed E-state index contributed by atoms with van der Waals surface area (Å²) in [5.74, 6) is 0.0148. The number of carbonyl (C=O) groups excluding carboxylic acids is 2. The van der Waals surface area contributed by atoms with Gasteiger partial charge in [-0.15, -0.1) is 0 Å². The fourth-order valence-electron chi connectivity index (χ4n) is 1.81. The van der Waals surface area contributed by atoms with E-state index in [-0.39, 0.29) is 10.0 Å². The summed E-state index contributed by atoms with van der Waals surface area (Å²) in [5.41, 5.74) is 5.48. The number of pyridine rings is 1. The number of hydrogen-bond acceptors (Lipinski definition) is 6. The van der Waals surface area contributed by atoms with Crippen molar-refractivity contribution in [1.82, 2.24) is 9.97 Å². The van der Waals surface area contributed by atoms with Crippen LogP contribution in [0.4, 0.5) is 5.13 Å². The van der Waals surface area contributed by atoms with Crippen LogP contribution in [0.1, 0.15) is 20.0 Å². The molecule has 126 valence electrons. The first kappa shape index (κ1) is 17.1. The quantitative estimate of drug-likeness (QED) is 0.659. The largest absolute Gasteiger partial charge is 0.439 e. The number of hydrogen-bond donors (Lipinski definition) is 2. The number of nitrogens with zero attached hydrogens (tertiary/aromatic N) is 2. The zero-order valence-electron chi connectivity index (χ0n) is 12.6. The van der Waals surface area contributed by atoms with E-state index in [9.17, 15) is 9.59 Å². The lowest BCUT2D eigenvalue weighted by atomic mass is 10.3. The molecule has 0 radical (unpaired) electrons. The van der Waals surface area contributed by atoms with E-state index in [4.69, 9.17) is 10.5 Å². The van der Waals surface area contributed by atoms with Gasteiger partial charge in [-0.2, -0.15) is 0 Å². The molecule has 1 aromatic carbocycles. The molecule has 2 heterocycles. The Morgan fingerprint density at radius 2 is 1.84 bits per heavy atom. The maximum Gasteiger partial charge on any atom is 0.260 e. The average molecular weight is 419 g/mol. The van der Waals surface area contributed by atoms with Gasteiger partial charge in [0.1, 0.15) is 10.6 Å². The molecule has 0 aliphatic heterocycles. The average Bonchev–Trinajstić information content (AvgIpc) is 3.06. The topological polar surface area (TPSA) is 107 Å². The normalized spacial score (nSPS) is 10.3. The second-order valence-corrected chi connectivity index (χ2v) is 6.74. The highest BCUT2D eigenvalue weighted by molar-refractivity contribution is 9.10. The molecule has 0 atom stereocenters. The zero-order valence-corrected chi connectivity index (χ0v) is 15.0. The number of rotatable bonds is 5. The summed E-state index contributed by atoms with van der Waals surface area (Å²) in [6.07, 6.45) is 2.71. The summed E-state index contributed by atoms with van der Waals surface area (Å²) in [4.78, 5) is 31.5. The molecule has 0 saturated heterocycles. The molecule has 0 aliphatic carbocycles. The van der Waals surface area contributed by atoms with Crippen LogP contribution < -0.4 is 15.8 Å². The van der Waals surface area contributed by atoms with Gasteiger partial charge in [0.15, 0.2) is 5.13 Å². The van der Waals surface area contributed by atoms with Gasteiger partial charge in [-0.05, 0) is 30.3 Å². The van der Waals surface area contributed by atoms with Gasteiger partial charge in [0.05, 0.1) is 11.8 Å². The first-order valence-electron chi connectivity index (χ1n) is 6.98. The van der Waals surface area contributed by atoms with E-state index in [1.807, 2.05) is 12.1 Å². The summed E-state index contributed by atoms with van der Waals surface area (Å²) in [5, 5.41) is 2.87. The Morgan fingerprint density at radius 1 is 1.08 bits per heavy atom. The van der Waals surface area contributed by atoms with Crippen LogP contribution in [0.15, 0.2) is 53.3 Å². The molecular formula is C16H11BrN4O3S. The monoisotopic (exact) mass is 418 g/mol. The summed E-state index contributed by atoms with van der Waals surface area (Å²) in [7, 11) is 0. The molecule has 3 N–H and O–H groups in total. The number of benzene rings is 1. The summed E-state index contributed by atoms with van der Waals surface area (Å²) < 4.78 is 6.54. The van der Waals surface area contributed by atoms with Crippen LogP contribution in [0.5, 0.6) is 11.6 Å². The van der Waals surface area contributed by atoms with Gasteiger partial charge in [0.25, 0.3) is 11.8 Å². The van der Waals surface area contributed by atoms with Crippen LogP contribution in [-0.2, 0) is 0 Å². The Kier molecular flexibility index (Phi) is 5.05. The van der Waals surface area contributed by atoms with Crippen molar-refractivity contribution < 1.29 is 14.3 Å². The van der Waals surface area contributed by atoms with Crippen LogP contribution in [0.25, 0.3) is 0 Å². The molecular weight excluding hydrogens is 408 g/mol. The first-order chi connectivity index (χ1) is 12.0. The molecule has 3 aromatic rings. The van der Waals surface area contributed by atoms with E-state index in [0.29, 0.717) is 17.2 Å². The summed E-state index contributed by atoms with van der Waals surface area (Å²) in [6.45, 7) is 0. The lowest BCUT2D eigenvalue weighted by Gasteiger charge is -2.06. The molecule has 0 spiro atoms. The van der Waals surface area contributed by atoms with Crippen LogP contribution in [0, 0.1) is 0 Å². The molecule has 2 aromatic heterocycles. The lowest BCUT2D eigenvalue weighted by Crippen LogP contribution is -2.12. The first-order valence-corrected chi connectivity index (χ1v) is 8.58. The number of nitrogens with two attached hydrogens (primary N) is 1. The molecule has 25 heavy (non-hydrogen) atoms. The number of amides is 2. The minimum absolute atomic E-state index is 0.270. The lowest BCUT2D eigenvalue weighted by molar-refractivity contribution is 0.100. The number of nitrogens with one attached hydrogen (secondary N) is 1. The Bertz CT molecular complexity index is 910. The molecule has 0 bridgehead atoms. The van der Waals surface area contributed by atoms with Gasteiger partial charge in [-0.1, -0.05) is 27.3 Å². The number of primary amides is 1. The van der Waals surface area contributed by atoms with Crippen molar-refractivity contribution in [2.24, 2.45) is 5.73 Å². The molecule has 9 heteroatoms. The summed E-state index contributed by atoms with van der Waals surface area (Å²) in [6, 6.07) is 10.5. The second-order valence-electron chi connectivity index (χ2n) is 4.79. The minimum Gasteiger partial charge on any atom is -0.439 e. The van der Waals surface area contributed by atoms with E-state index in [2.05, 4.69) is 31.2 Å². The molecule has 3 rings (SSSR count). The zero-order chi connectivity index (χ0) is 17.8. The number of aromatic nitrogens is 2. The van der Waals surface area contributed by atoms with Gasteiger partial charge >= 0.3 is 0 Å². The molecule has 0 aliphatic rings. The van der Waals surface area contributed by atoms with Gasteiger partial charge in [-0.25, -0.2) is 9.97 Å². The van der Waals surface area contributed by atoms with Gasteiger partial charge in [-0.3, -0.25) is 14.9 Å². The third kappa shape index (κ3) is 4.40. The van der Waals surface area contributed by atoms with Crippen molar-refractivity contribution in [3.05, 3.63) is 63.7 Å². The molecule has 7 nitrogen and oxygen atoms in total. The van der Waals surface area contributed by atoms with E-state index in [0.717, 1.165) is 15.8 Å². The predicted molar refractivity (Wildman–Crippen MR) is 97.0 cm³/mol. The Balaban J connectivity index is 1.65. The third-order valence-electron chi connectivity index (χ3n) is 3.00. The molecule has 0 unspecified atom stereocenters. The van der Waals surface area contributed by atoms with Crippen LogP contribution in [0.3, 0.4) is 0 Å². The third-order valence-corrected chi connectivity index (χ3v) is 4.46.